The van der Waals surface area contributed by atoms with E-state index in [1.54, 1.807) is 18.9 Å². The van der Waals surface area contributed by atoms with Gasteiger partial charge in [-0.3, -0.25) is 9.36 Å². The van der Waals surface area contributed by atoms with Crippen molar-refractivity contribution in [1.82, 2.24) is 19.7 Å². The van der Waals surface area contributed by atoms with Crippen LogP contribution in [0.3, 0.4) is 0 Å². The minimum Gasteiger partial charge on any atom is -0.497 e. The van der Waals surface area contributed by atoms with Gasteiger partial charge in [0.15, 0.2) is 5.16 Å². The maximum absolute atomic E-state index is 12.3. The van der Waals surface area contributed by atoms with Gasteiger partial charge in [0.25, 0.3) is 0 Å². The normalized spacial score (nSPS) is 13.5. The van der Waals surface area contributed by atoms with E-state index in [2.05, 4.69) is 26.9 Å². The molecular weight excluding hydrogens is 408 g/mol. The number of ether oxygens (including phenoxy) is 1. The second kappa shape index (κ2) is 10.5. The van der Waals surface area contributed by atoms with Crippen LogP contribution in [0.2, 0.25) is 0 Å². The van der Waals surface area contributed by atoms with Crippen molar-refractivity contribution in [3.8, 4) is 11.4 Å². The monoisotopic (exact) mass is 436 g/mol. The van der Waals surface area contributed by atoms with Crippen LogP contribution in [0.4, 0.5) is 0 Å². The molecule has 3 aromatic rings. The molecule has 4 rings (SSSR count). The smallest absolute Gasteiger partial charge is 0.222 e. The molecule has 1 fully saturated rings. The van der Waals surface area contributed by atoms with Crippen molar-refractivity contribution in [1.29, 1.82) is 0 Å². The van der Waals surface area contributed by atoms with E-state index in [0.717, 1.165) is 60.5 Å². The summed E-state index contributed by atoms with van der Waals surface area (Å²) in [5.74, 6) is 2.82. The average molecular weight is 437 g/mol. The summed E-state index contributed by atoms with van der Waals surface area (Å²) in [7, 11) is 1.67. The molecule has 0 unspecified atom stereocenters. The molecule has 2 aromatic carbocycles. The van der Waals surface area contributed by atoms with Crippen LogP contribution < -0.4 is 4.74 Å². The molecule has 31 heavy (non-hydrogen) atoms. The van der Waals surface area contributed by atoms with Gasteiger partial charge in [-0.15, -0.1) is 10.2 Å². The van der Waals surface area contributed by atoms with Crippen LogP contribution in [0.25, 0.3) is 5.69 Å². The first kappa shape index (κ1) is 21.4. The number of nitrogens with zero attached hydrogens (tertiary/aromatic N) is 4. The lowest BCUT2D eigenvalue weighted by Gasteiger charge is -2.15. The fourth-order valence-electron chi connectivity index (χ4n) is 3.79. The van der Waals surface area contributed by atoms with E-state index in [9.17, 15) is 4.79 Å². The number of rotatable bonds is 9. The first-order valence-electron chi connectivity index (χ1n) is 10.8. The van der Waals surface area contributed by atoms with Gasteiger partial charge < -0.3 is 9.64 Å². The van der Waals surface area contributed by atoms with Crippen LogP contribution in [-0.2, 0) is 11.2 Å². The summed E-state index contributed by atoms with van der Waals surface area (Å²) < 4.78 is 7.42. The molecule has 162 valence electrons. The predicted octanol–water partition coefficient (Wildman–Crippen LogP) is 4.36. The molecule has 0 N–H and O–H groups in total. The van der Waals surface area contributed by atoms with Gasteiger partial charge in [-0.05, 0) is 49.1 Å². The minimum atomic E-state index is 0.277. The minimum absolute atomic E-state index is 0.277. The first-order chi connectivity index (χ1) is 15.2. The number of carbonyl (C=O) groups is 1. The third kappa shape index (κ3) is 5.47. The molecule has 0 bridgehead atoms. The first-order valence-corrected chi connectivity index (χ1v) is 11.8. The van der Waals surface area contributed by atoms with E-state index in [0.29, 0.717) is 12.8 Å². The van der Waals surface area contributed by atoms with Gasteiger partial charge in [0, 0.05) is 37.4 Å². The Hall–Kier alpha value is -2.80. The molecule has 1 aliphatic rings. The summed E-state index contributed by atoms with van der Waals surface area (Å²) >= 11 is 1.66. The molecule has 2 heterocycles. The fourth-order valence-corrected chi connectivity index (χ4v) is 4.70. The van der Waals surface area contributed by atoms with E-state index in [1.807, 2.05) is 47.4 Å². The Morgan fingerprint density at radius 1 is 1.03 bits per heavy atom. The van der Waals surface area contributed by atoms with Crippen molar-refractivity contribution in [2.45, 2.75) is 37.3 Å². The van der Waals surface area contributed by atoms with Crippen molar-refractivity contribution >= 4 is 17.7 Å². The Morgan fingerprint density at radius 3 is 2.48 bits per heavy atom. The Labute approximate surface area is 187 Å². The molecule has 7 heteroatoms. The molecule has 6 nitrogen and oxygen atoms in total. The molecular formula is C24H28N4O2S. The number of aromatic nitrogens is 3. The highest BCUT2D eigenvalue weighted by molar-refractivity contribution is 7.99. The summed E-state index contributed by atoms with van der Waals surface area (Å²) in [4.78, 5) is 14.3. The SMILES string of the molecule is COc1ccc(-n2c(Cc3ccccc3)nnc2SCCCC(=O)N2CCCC2)cc1. The van der Waals surface area contributed by atoms with Crippen molar-refractivity contribution in [2.24, 2.45) is 0 Å². The summed E-state index contributed by atoms with van der Waals surface area (Å²) in [6.07, 6.45) is 4.41. The van der Waals surface area contributed by atoms with Crippen LogP contribution in [0.1, 0.15) is 37.1 Å². The molecule has 0 saturated carbocycles. The van der Waals surface area contributed by atoms with E-state index < -0.39 is 0 Å². The highest BCUT2D eigenvalue weighted by Gasteiger charge is 2.18. The number of methoxy groups -OCH3 is 1. The lowest BCUT2D eigenvalue weighted by atomic mass is 10.1. The molecule has 1 saturated heterocycles. The molecule has 0 atom stereocenters. The zero-order valence-electron chi connectivity index (χ0n) is 17.9. The quantitative estimate of drug-likeness (QED) is 0.368. The lowest BCUT2D eigenvalue weighted by molar-refractivity contribution is -0.130. The fraction of sp³-hybridized carbons (Fsp3) is 0.375. The van der Waals surface area contributed by atoms with Crippen LogP contribution in [0.5, 0.6) is 5.75 Å². The topological polar surface area (TPSA) is 60.2 Å². The van der Waals surface area contributed by atoms with E-state index in [4.69, 9.17) is 4.74 Å². The van der Waals surface area contributed by atoms with Gasteiger partial charge in [0.1, 0.15) is 11.6 Å². The molecule has 1 aromatic heterocycles. The van der Waals surface area contributed by atoms with Crippen molar-refractivity contribution < 1.29 is 9.53 Å². The number of carbonyl (C=O) groups excluding carboxylic acids is 1. The van der Waals surface area contributed by atoms with Crippen LogP contribution in [0.15, 0.2) is 59.8 Å². The van der Waals surface area contributed by atoms with Crippen LogP contribution in [0, 0.1) is 0 Å². The average Bonchev–Trinajstić information content (AvgIpc) is 3.48. The maximum atomic E-state index is 12.3. The highest BCUT2D eigenvalue weighted by atomic mass is 32.2. The number of thioether (sulfide) groups is 1. The van der Waals surface area contributed by atoms with Gasteiger partial charge in [-0.2, -0.15) is 0 Å². The van der Waals surface area contributed by atoms with Gasteiger partial charge in [-0.25, -0.2) is 0 Å². The van der Waals surface area contributed by atoms with E-state index >= 15 is 0 Å². The number of hydrogen-bond donors (Lipinski definition) is 0. The van der Waals surface area contributed by atoms with Crippen molar-refractivity contribution in [3.63, 3.8) is 0 Å². The number of hydrogen-bond acceptors (Lipinski definition) is 5. The summed E-state index contributed by atoms with van der Waals surface area (Å²) in [6.45, 7) is 1.83. The Morgan fingerprint density at radius 2 is 1.77 bits per heavy atom. The Balaban J connectivity index is 1.47. The molecule has 0 spiro atoms. The van der Waals surface area contributed by atoms with E-state index in [1.165, 1.54) is 5.56 Å². The maximum Gasteiger partial charge on any atom is 0.222 e. The van der Waals surface area contributed by atoms with E-state index in [-0.39, 0.29) is 5.91 Å². The largest absolute Gasteiger partial charge is 0.497 e. The lowest BCUT2D eigenvalue weighted by Crippen LogP contribution is -2.27. The Kier molecular flexibility index (Phi) is 7.25. The van der Waals surface area contributed by atoms with Crippen LogP contribution in [-0.4, -0.2) is 51.5 Å². The molecule has 1 aliphatic heterocycles. The zero-order valence-corrected chi connectivity index (χ0v) is 18.7. The van der Waals surface area contributed by atoms with Crippen molar-refractivity contribution in [2.75, 3.05) is 26.0 Å². The second-order valence-corrected chi connectivity index (χ2v) is 8.70. The van der Waals surface area contributed by atoms with Gasteiger partial charge in [-0.1, -0.05) is 42.1 Å². The molecule has 0 radical (unpaired) electrons. The van der Waals surface area contributed by atoms with Gasteiger partial charge in [0.2, 0.25) is 5.91 Å². The van der Waals surface area contributed by atoms with Gasteiger partial charge >= 0.3 is 0 Å². The van der Waals surface area contributed by atoms with Gasteiger partial charge in [0.05, 0.1) is 7.11 Å². The third-order valence-electron chi connectivity index (χ3n) is 5.46. The highest BCUT2D eigenvalue weighted by Crippen LogP contribution is 2.26. The second-order valence-electron chi connectivity index (χ2n) is 7.63. The molecule has 0 aliphatic carbocycles. The number of benzene rings is 2. The standard InChI is InChI=1S/C24H28N4O2S/c1-30-21-13-11-20(12-14-21)28-22(18-19-8-3-2-4-9-19)25-26-24(28)31-17-7-10-23(29)27-15-5-6-16-27/h2-4,8-9,11-14H,5-7,10,15-18H2,1H3. The van der Waals surface area contributed by atoms with Crippen LogP contribution >= 0.6 is 11.8 Å². The summed E-state index contributed by atoms with van der Waals surface area (Å²) in [5, 5.41) is 9.82. The zero-order chi connectivity index (χ0) is 21.5. The summed E-state index contributed by atoms with van der Waals surface area (Å²) in [5.41, 5.74) is 2.20. The Bertz CT molecular complexity index is 983. The van der Waals surface area contributed by atoms with Crippen molar-refractivity contribution in [3.05, 3.63) is 66.0 Å². The third-order valence-corrected chi connectivity index (χ3v) is 6.48. The number of amides is 1. The predicted molar refractivity (Wildman–Crippen MR) is 123 cm³/mol. The number of likely N-dealkylation sites (tertiary alicyclic amines) is 1. The summed E-state index contributed by atoms with van der Waals surface area (Å²) in [6, 6.07) is 18.2. The molecule has 1 amide bonds.